The molecule has 0 atom stereocenters. The van der Waals surface area contributed by atoms with Gasteiger partial charge in [0.25, 0.3) is 0 Å². The van der Waals surface area contributed by atoms with Gasteiger partial charge >= 0.3 is 0 Å². The highest BCUT2D eigenvalue weighted by molar-refractivity contribution is 5.62. The second-order valence-electron chi connectivity index (χ2n) is 6.92. The minimum absolute atomic E-state index is 0.387. The zero-order chi connectivity index (χ0) is 15.0. The Morgan fingerprint density at radius 1 is 0.909 bits per heavy atom. The Balaban J connectivity index is 1.48. The molecule has 114 valence electrons. The number of likely N-dealkylation sites (N-methyl/N-ethyl adjacent to an activating group) is 1. The topological polar surface area (TPSA) is 6.48 Å². The van der Waals surface area contributed by atoms with Crippen molar-refractivity contribution in [3.63, 3.8) is 0 Å². The summed E-state index contributed by atoms with van der Waals surface area (Å²) in [6.07, 6.45) is 2.56. The Morgan fingerprint density at radius 3 is 2.36 bits per heavy atom. The molecule has 1 fully saturated rings. The van der Waals surface area contributed by atoms with Gasteiger partial charge in [0.15, 0.2) is 0 Å². The van der Waals surface area contributed by atoms with Crippen LogP contribution in [0.15, 0.2) is 54.6 Å². The first-order chi connectivity index (χ1) is 10.8. The Morgan fingerprint density at radius 2 is 1.59 bits per heavy atom. The van der Waals surface area contributed by atoms with Gasteiger partial charge < -0.3 is 4.90 Å². The van der Waals surface area contributed by atoms with Crippen LogP contribution in [0.2, 0.25) is 0 Å². The first-order valence-corrected chi connectivity index (χ1v) is 8.34. The van der Waals surface area contributed by atoms with Crippen LogP contribution in [0.1, 0.15) is 24.0 Å². The summed E-state index contributed by atoms with van der Waals surface area (Å²) in [6.45, 7) is 4.69. The molecule has 1 saturated heterocycles. The molecular formula is C20H24N2. The van der Waals surface area contributed by atoms with Gasteiger partial charge in [0.05, 0.1) is 0 Å². The van der Waals surface area contributed by atoms with Crippen LogP contribution in [-0.2, 0) is 12.0 Å². The summed E-state index contributed by atoms with van der Waals surface area (Å²) < 4.78 is 0. The smallest absolute Gasteiger partial charge is 0.0402 e. The molecule has 4 rings (SSSR count). The maximum absolute atomic E-state index is 2.61. The van der Waals surface area contributed by atoms with Crippen LogP contribution >= 0.6 is 0 Å². The van der Waals surface area contributed by atoms with Crippen LogP contribution in [0, 0.1) is 0 Å². The van der Waals surface area contributed by atoms with Gasteiger partial charge in [0.2, 0.25) is 0 Å². The van der Waals surface area contributed by atoms with Crippen molar-refractivity contribution < 1.29 is 0 Å². The average Bonchev–Trinajstić information content (AvgIpc) is 2.84. The number of hydrogen-bond acceptors (Lipinski definition) is 2. The molecule has 0 aliphatic carbocycles. The molecule has 2 aromatic rings. The molecule has 0 saturated carbocycles. The number of anilines is 1. The van der Waals surface area contributed by atoms with Crippen LogP contribution in [0.4, 0.5) is 5.69 Å². The monoisotopic (exact) mass is 292 g/mol. The van der Waals surface area contributed by atoms with E-state index in [1.807, 2.05) is 0 Å². The number of fused-ring (bicyclic) bond motifs is 2. The second kappa shape index (κ2) is 5.44. The molecule has 2 nitrogen and oxygen atoms in total. The lowest BCUT2D eigenvalue weighted by Crippen LogP contribution is -2.44. The van der Waals surface area contributed by atoms with Crippen molar-refractivity contribution in [3.05, 3.63) is 65.7 Å². The molecule has 0 unspecified atom stereocenters. The van der Waals surface area contributed by atoms with Crippen molar-refractivity contribution in [2.24, 2.45) is 0 Å². The highest BCUT2D eigenvalue weighted by Gasteiger charge is 2.43. The number of piperidine rings is 1. The summed E-state index contributed by atoms with van der Waals surface area (Å²) in [5.41, 5.74) is 4.84. The average molecular weight is 292 g/mol. The number of para-hydroxylation sites is 1. The van der Waals surface area contributed by atoms with E-state index >= 15 is 0 Å². The summed E-state index contributed by atoms with van der Waals surface area (Å²) in [4.78, 5) is 5.06. The predicted molar refractivity (Wildman–Crippen MR) is 92.3 cm³/mol. The fourth-order valence-electron chi connectivity index (χ4n) is 4.29. The standard InChI is InChI=1S/C20H24N2/c1-21-16-20(18-9-5-6-10-19(18)21)11-13-22(14-12-20)15-17-7-3-2-4-8-17/h2-10H,11-16H2,1H3. The van der Waals surface area contributed by atoms with Crippen molar-refractivity contribution in [1.29, 1.82) is 0 Å². The lowest BCUT2D eigenvalue weighted by Gasteiger charge is -2.40. The third-order valence-electron chi connectivity index (χ3n) is 5.49. The van der Waals surface area contributed by atoms with Crippen molar-refractivity contribution in [3.8, 4) is 0 Å². The minimum atomic E-state index is 0.387. The molecule has 0 amide bonds. The zero-order valence-electron chi connectivity index (χ0n) is 13.3. The largest absolute Gasteiger partial charge is 0.373 e. The Hall–Kier alpha value is -1.80. The molecule has 0 N–H and O–H groups in total. The number of rotatable bonds is 2. The second-order valence-corrected chi connectivity index (χ2v) is 6.92. The van der Waals surface area contributed by atoms with E-state index < -0.39 is 0 Å². The summed E-state index contributed by atoms with van der Waals surface area (Å²) in [6, 6.07) is 19.9. The summed E-state index contributed by atoms with van der Waals surface area (Å²) in [5, 5.41) is 0. The predicted octanol–water partition coefficient (Wildman–Crippen LogP) is 3.67. The maximum atomic E-state index is 2.61. The fourth-order valence-corrected chi connectivity index (χ4v) is 4.29. The van der Waals surface area contributed by atoms with Gasteiger partial charge in [-0.3, -0.25) is 4.90 Å². The van der Waals surface area contributed by atoms with Gasteiger partial charge in [-0.2, -0.15) is 0 Å². The van der Waals surface area contributed by atoms with Gasteiger partial charge in [0.1, 0.15) is 0 Å². The Labute approximate surface area is 133 Å². The van der Waals surface area contributed by atoms with Gasteiger partial charge in [-0.25, -0.2) is 0 Å². The van der Waals surface area contributed by atoms with Crippen molar-refractivity contribution in [2.45, 2.75) is 24.8 Å². The normalized spacial score (nSPS) is 20.3. The van der Waals surface area contributed by atoms with E-state index in [2.05, 4.69) is 71.4 Å². The number of nitrogens with zero attached hydrogens (tertiary/aromatic N) is 2. The Kier molecular flexibility index (Phi) is 3.42. The van der Waals surface area contributed by atoms with E-state index in [9.17, 15) is 0 Å². The van der Waals surface area contributed by atoms with Crippen molar-refractivity contribution in [2.75, 3.05) is 31.6 Å². The zero-order valence-corrected chi connectivity index (χ0v) is 13.3. The Bertz CT molecular complexity index is 642. The lowest BCUT2D eigenvalue weighted by molar-refractivity contribution is 0.160. The summed E-state index contributed by atoms with van der Waals surface area (Å²) in [7, 11) is 2.24. The van der Waals surface area contributed by atoms with E-state index in [4.69, 9.17) is 0 Å². The molecular weight excluding hydrogens is 268 g/mol. The van der Waals surface area contributed by atoms with Gasteiger partial charge in [0, 0.05) is 31.2 Å². The van der Waals surface area contributed by atoms with E-state index in [0.717, 1.165) is 6.54 Å². The molecule has 0 bridgehead atoms. The van der Waals surface area contributed by atoms with Crippen LogP contribution in [0.25, 0.3) is 0 Å². The van der Waals surface area contributed by atoms with Crippen LogP contribution in [0.5, 0.6) is 0 Å². The fraction of sp³-hybridized carbons (Fsp3) is 0.400. The number of benzene rings is 2. The van der Waals surface area contributed by atoms with E-state index in [1.54, 1.807) is 5.56 Å². The minimum Gasteiger partial charge on any atom is -0.373 e. The molecule has 2 aliphatic heterocycles. The number of likely N-dealkylation sites (tertiary alicyclic amines) is 1. The molecule has 0 radical (unpaired) electrons. The SMILES string of the molecule is CN1CC2(CCN(Cc3ccccc3)CC2)c2ccccc21. The third-order valence-corrected chi connectivity index (χ3v) is 5.49. The molecule has 2 heteroatoms. The molecule has 2 aliphatic rings. The highest BCUT2D eigenvalue weighted by Crippen LogP contribution is 2.46. The van der Waals surface area contributed by atoms with Crippen LogP contribution in [-0.4, -0.2) is 31.6 Å². The molecule has 1 spiro atoms. The van der Waals surface area contributed by atoms with Crippen molar-refractivity contribution in [1.82, 2.24) is 4.90 Å². The molecule has 2 aromatic carbocycles. The third kappa shape index (κ3) is 2.32. The van der Waals surface area contributed by atoms with Gasteiger partial charge in [-0.1, -0.05) is 48.5 Å². The van der Waals surface area contributed by atoms with Crippen molar-refractivity contribution >= 4 is 5.69 Å². The van der Waals surface area contributed by atoms with Gasteiger partial charge in [-0.05, 0) is 43.1 Å². The van der Waals surface area contributed by atoms with Crippen LogP contribution in [0.3, 0.4) is 0 Å². The highest BCUT2D eigenvalue weighted by atomic mass is 15.2. The van der Waals surface area contributed by atoms with E-state index in [0.29, 0.717) is 5.41 Å². The van der Waals surface area contributed by atoms with E-state index in [1.165, 1.54) is 43.7 Å². The first-order valence-electron chi connectivity index (χ1n) is 8.34. The summed E-state index contributed by atoms with van der Waals surface area (Å²) >= 11 is 0. The van der Waals surface area contributed by atoms with Gasteiger partial charge in [-0.15, -0.1) is 0 Å². The van der Waals surface area contributed by atoms with Crippen LogP contribution < -0.4 is 4.90 Å². The lowest BCUT2D eigenvalue weighted by atomic mass is 9.74. The summed E-state index contributed by atoms with van der Waals surface area (Å²) in [5.74, 6) is 0. The quantitative estimate of drug-likeness (QED) is 0.833. The maximum Gasteiger partial charge on any atom is 0.0402 e. The molecule has 2 heterocycles. The first kappa shape index (κ1) is 13.8. The number of hydrogen-bond donors (Lipinski definition) is 0. The van der Waals surface area contributed by atoms with E-state index in [-0.39, 0.29) is 0 Å². The molecule has 22 heavy (non-hydrogen) atoms. The molecule has 0 aromatic heterocycles.